The smallest absolute Gasteiger partial charge is 0.233 e. The van der Waals surface area contributed by atoms with Gasteiger partial charge in [0.25, 0.3) is 0 Å². The molecule has 116 valence electrons. The van der Waals surface area contributed by atoms with E-state index in [1.54, 1.807) is 28.4 Å². The number of rotatable bonds is 4. The van der Waals surface area contributed by atoms with E-state index in [1.807, 2.05) is 19.2 Å². The van der Waals surface area contributed by atoms with Crippen molar-refractivity contribution in [3.05, 3.63) is 56.4 Å². The molecule has 0 atom stereocenters. The molecule has 5 heteroatoms. The largest absolute Gasteiger partial charge is 0.340 e. The third-order valence-corrected chi connectivity index (χ3v) is 5.99. The van der Waals surface area contributed by atoms with Gasteiger partial charge in [-0.25, -0.2) is 4.39 Å². The fourth-order valence-corrected chi connectivity index (χ4v) is 4.57. The van der Waals surface area contributed by atoms with Crippen LogP contribution in [-0.2, 0) is 16.8 Å². The molecule has 22 heavy (non-hydrogen) atoms. The maximum atomic E-state index is 13.1. The lowest BCUT2D eigenvalue weighted by atomic mass is 9.63. The van der Waals surface area contributed by atoms with E-state index in [0.717, 1.165) is 33.5 Å². The average molecular weight is 382 g/mol. The van der Waals surface area contributed by atoms with Gasteiger partial charge in [-0.2, -0.15) is 0 Å². The second-order valence-electron chi connectivity index (χ2n) is 5.81. The van der Waals surface area contributed by atoms with Crippen molar-refractivity contribution in [2.24, 2.45) is 0 Å². The zero-order valence-corrected chi connectivity index (χ0v) is 14.7. The van der Waals surface area contributed by atoms with Crippen LogP contribution < -0.4 is 0 Å². The summed E-state index contributed by atoms with van der Waals surface area (Å²) in [4.78, 5) is 15.9. The predicted octanol–water partition coefficient (Wildman–Crippen LogP) is 4.73. The van der Waals surface area contributed by atoms with E-state index in [4.69, 9.17) is 0 Å². The first-order valence-electron chi connectivity index (χ1n) is 7.27. The monoisotopic (exact) mass is 381 g/mol. The van der Waals surface area contributed by atoms with Gasteiger partial charge in [-0.05, 0) is 58.6 Å². The minimum absolute atomic E-state index is 0.134. The highest BCUT2D eigenvalue weighted by Crippen LogP contribution is 2.45. The van der Waals surface area contributed by atoms with Crippen LogP contribution in [0.1, 0.15) is 29.7 Å². The summed E-state index contributed by atoms with van der Waals surface area (Å²) in [7, 11) is 1.85. The summed E-state index contributed by atoms with van der Waals surface area (Å²) in [6.45, 7) is 0.609. The van der Waals surface area contributed by atoms with E-state index >= 15 is 0 Å². The normalized spacial score (nSPS) is 16.1. The lowest BCUT2D eigenvalue weighted by Gasteiger charge is -2.43. The Morgan fingerprint density at radius 2 is 1.95 bits per heavy atom. The molecule has 1 saturated carbocycles. The number of carbonyl (C=O) groups is 1. The Kier molecular flexibility index (Phi) is 4.37. The molecule has 1 aromatic carbocycles. The Morgan fingerprint density at radius 3 is 2.45 bits per heavy atom. The average Bonchev–Trinajstić information content (AvgIpc) is 2.84. The second kappa shape index (κ2) is 6.13. The van der Waals surface area contributed by atoms with Crippen molar-refractivity contribution >= 4 is 33.2 Å². The molecule has 1 amide bonds. The molecule has 0 N–H and O–H groups in total. The van der Waals surface area contributed by atoms with E-state index in [-0.39, 0.29) is 11.7 Å². The fourth-order valence-electron chi connectivity index (χ4n) is 3.03. The molecule has 1 aromatic heterocycles. The Hall–Kier alpha value is -1.20. The van der Waals surface area contributed by atoms with Crippen LogP contribution in [0.5, 0.6) is 0 Å². The molecular formula is C17H17BrFNOS. The number of halogens is 2. The highest BCUT2D eigenvalue weighted by Gasteiger charge is 2.46. The van der Waals surface area contributed by atoms with E-state index in [1.165, 1.54) is 12.1 Å². The van der Waals surface area contributed by atoms with Crippen LogP contribution in [0.4, 0.5) is 4.39 Å². The quantitative estimate of drug-likeness (QED) is 0.749. The van der Waals surface area contributed by atoms with E-state index < -0.39 is 5.41 Å². The van der Waals surface area contributed by atoms with Gasteiger partial charge in [-0.15, -0.1) is 11.3 Å². The Bertz CT molecular complexity index is 678. The topological polar surface area (TPSA) is 20.3 Å². The first kappa shape index (κ1) is 15.7. The maximum absolute atomic E-state index is 13.1. The number of hydrogen-bond acceptors (Lipinski definition) is 2. The van der Waals surface area contributed by atoms with Crippen LogP contribution >= 0.6 is 27.3 Å². The predicted molar refractivity (Wildman–Crippen MR) is 90.4 cm³/mol. The van der Waals surface area contributed by atoms with E-state index in [9.17, 15) is 9.18 Å². The van der Waals surface area contributed by atoms with Crippen LogP contribution in [0.3, 0.4) is 0 Å². The van der Waals surface area contributed by atoms with Gasteiger partial charge >= 0.3 is 0 Å². The van der Waals surface area contributed by atoms with Crippen LogP contribution in [-0.4, -0.2) is 17.9 Å². The van der Waals surface area contributed by atoms with Crippen molar-refractivity contribution in [1.82, 2.24) is 4.90 Å². The number of hydrogen-bond donors (Lipinski definition) is 0. The van der Waals surface area contributed by atoms with Crippen molar-refractivity contribution in [3.63, 3.8) is 0 Å². The molecule has 0 spiro atoms. The molecule has 0 aliphatic heterocycles. The number of carbonyl (C=O) groups excluding carboxylic acids is 1. The minimum atomic E-state index is -0.461. The maximum Gasteiger partial charge on any atom is 0.233 e. The van der Waals surface area contributed by atoms with Crippen molar-refractivity contribution in [2.75, 3.05) is 7.05 Å². The zero-order chi connectivity index (χ0) is 15.7. The van der Waals surface area contributed by atoms with Gasteiger partial charge in [0.05, 0.1) is 15.7 Å². The molecule has 0 radical (unpaired) electrons. The standard InChI is InChI=1S/C17H17BrFNOS/c1-20(11-14-7-8-15(18)22-14)16(21)17(9-2-10-17)12-3-5-13(19)6-4-12/h3-8H,2,9-11H2,1H3. The number of likely N-dealkylation sites (N-methyl/N-ethyl adjacent to an activating group) is 1. The number of benzene rings is 1. The van der Waals surface area contributed by atoms with Crippen LogP contribution in [0.15, 0.2) is 40.2 Å². The molecular weight excluding hydrogens is 365 g/mol. The molecule has 2 aromatic rings. The van der Waals surface area contributed by atoms with E-state index in [2.05, 4.69) is 15.9 Å². The van der Waals surface area contributed by atoms with Gasteiger partial charge in [0.15, 0.2) is 0 Å². The summed E-state index contributed by atoms with van der Waals surface area (Å²) in [5, 5.41) is 0. The summed E-state index contributed by atoms with van der Waals surface area (Å²) in [5.74, 6) is -0.127. The van der Waals surface area contributed by atoms with Crippen LogP contribution in [0.2, 0.25) is 0 Å². The van der Waals surface area contributed by atoms with Crippen molar-refractivity contribution in [1.29, 1.82) is 0 Å². The molecule has 0 saturated heterocycles. The van der Waals surface area contributed by atoms with Crippen LogP contribution in [0, 0.1) is 5.82 Å². The number of amides is 1. The second-order valence-corrected chi connectivity index (χ2v) is 8.36. The molecule has 0 bridgehead atoms. The van der Waals surface area contributed by atoms with Crippen LogP contribution in [0.25, 0.3) is 0 Å². The van der Waals surface area contributed by atoms with Gasteiger partial charge < -0.3 is 4.90 Å². The zero-order valence-electron chi connectivity index (χ0n) is 12.3. The van der Waals surface area contributed by atoms with Crippen molar-refractivity contribution < 1.29 is 9.18 Å². The summed E-state index contributed by atoms with van der Waals surface area (Å²) in [6.07, 6.45) is 2.73. The number of thiophene rings is 1. The third-order valence-electron chi connectivity index (χ3n) is 4.38. The molecule has 1 fully saturated rings. The lowest BCUT2D eigenvalue weighted by Crippen LogP contribution is -2.49. The number of nitrogens with zero attached hydrogens (tertiary/aromatic N) is 1. The lowest BCUT2D eigenvalue weighted by molar-refractivity contribution is -0.140. The molecule has 0 unspecified atom stereocenters. The molecule has 2 nitrogen and oxygen atoms in total. The first-order chi connectivity index (χ1) is 10.5. The summed E-state index contributed by atoms with van der Waals surface area (Å²) < 4.78 is 14.2. The highest BCUT2D eigenvalue weighted by atomic mass is 79.9. The Morgan fingerprint density at radius 1 is 1.27 bits per heavy atom. The van der Waals surface area contributed by atoms with Gasteiger partial charge in [-0.1, -0.05) is 18.6 Å². The minimum Gasteiger partial charge on any atom is -0.340 e. The fraction of sp³-hybridized carbons (Fsp3) is 0.353. The Balaban J connectivity index is 1.80. The van der Waals surface area contributed by atoms with E-state index in [0.29, 0.717) is 6.54 Å². The van der Waals surface area contributed by atoms with Gasteiger partial charge in [0.2, 0.25) is 5.91 Å². The third kappa shape index (κ3) is 2.84. The summed E-state index contributed by atoms with van der Waals surface area (Å²) in [6, 6.07) is 10.4. The SMILES string of the molecule is CN(Cc1ccc(Br)s1)C(=O)C1(c2ccc(F)cc2)CCC1. The van der Waals surface area contributed by atoms with Gasteiger partial charge in [-0.3, -0.25) is 4.79 Å². The summed E-state index contributed by atoms with van der Waals surface area (Å²) >= 11 is 5.09. The molecule has 3 rings (SSSR count). The Labute approximate surface area is 142 Å². The molecule has 1 aliphatic carbocycles. The van der Waals surface area contributed by atoms with Gasteiger partial charge in [0.1, 0.15) is 5.82 Å². The van der Waals surface area contributed by atoms with Crippen molar-refractivity contribution in [3.8, 4) is 0 Å². The summed E-state index contributed by atoms with van der Waals surface area (Å²) in [5.41, 5.74) is 0.473. The van der Waals surface area contributed by atoms with Crippen molar-refractivity contribution in [2.45, 2.75) is 31.2 Å². The highest BCUT2D eigenvalue weighted by molar-refractivity contribution is 9.11. The first-order valence-corrected chi connectivity index (χ1v) is 8.88. The molecule has 1 heterocycles. The molecule has 1 aliphatic rings. The van der Waals surface area contributed by atoms with Gasteiger partial charge in [0, 0.05) is 11.9 Å².